The SMILES string of the molecule is Cc1ccc2nc(-c3ccc(NC(=S)NC(=O)c4ccccc4C)cc3O)oc2c1. The number of benzene rings is 3. The molecule has 3 aromatic carbocycles. The molecule has 0 saturated heterocycles. The van der Waals surface area contributed by atoms with Crippen molar-refractivity contribution in [2.24, 2.45) is 0 Å². The van der Waals surface area contributed by atoms with E-state index in [-0.39, 0.29) is 16.8 Å². The number of hydrogen-bond acceptors (Lipinski definition) is 5. The lowest BCUT2D eigenvalue weighted by Gasteiger charge is -2.11. The fourth-order valence-corrected chi connectivity index (χ4v) is 3.31. The number of rotatable bonds is 3. The van der Waals surface area contributed by atoms with Gasteiger partial charge in [-0.3, -0.25) is 10.1 Å². The van der Waals surface area contributed by atoms with Gasteiger partial charge in [0.2, 0.25) is 5.89 Å². The minimum Gasteiger partial charge on any atom is -0.507 e. The summed E-state index contributed by atoms with van der Waals surface area (Å²) in [6.07, 6.45) is 0. The number of phenolic OH excluding ortho intramolecular Hbond substituents is 1. The summed E-state index contributed by atoms with van der Waals surface area (Å²) in [6.45, 7) is 3.83. The predicted molar refractivity (Wildman–Crippen MR) is 121 cm³/mol. The minimum absolute atomic E-state index is 0.0173. The zero-order chi connectivity index (χ0) is 21.3. The lowest BCUT2D eigenvalue weighted by atomic mass is 10.1. The molecule has 6 nitrogen and oxygen atoms in total. The molecule has 4 rings (SSSR count). The summed E-state index contributed by atoms with van der Waals surface area (Å²) in [6, 6.07) is 17.9. The highest BCUT2D eigenvalue weighted by atomic mass is 32.1. The van der Waals surface area contributed by atoms with Crippen molar-refractivity contribution in [1.82, 2.24) is 10.3 Å². The Morgan fingerprint density at radius 3 is 2.63 bits per heavy atom. The average Bonchev–Trinajstić information content (AvgIpc) is 3.11. The van der Waals surface area contributed by atoms with Crippen molar-refractivity contribution < 1.29 is 14.3 Å². The molecule has 7 heteroatoms. The number of amides is 1. The molecule has 1 heterocycles. The Labute approximate surface area is 178 Å². The quantitative estimate of drug-likeness (QED) is 0.409. The molecule has 0 spiro atoms. The first-order valence-corrected chi connectivity index (χ1v) is 9.70. The van der Waals surface area contributed by atoms with Crippen molar-refractivity contribution in [3.8, 4) is 17.2 Å². The molecule has 3 N–H and O–H groups in total. The van der Waals surface area contributed by atoms with Gasteiger partial charge >= 0.3 is 0 Å². The molecule has 4 aromatic rings. The maximum atomic E-state index is 12.4. The van der Waals surface area contributed by atoms with Crippen LogP contribution in [-0.4, -0.2) is 21.1 Å². The molecule has 0 aliphatic rings. The molecule has 150 valence electrons. The second kappa shape index (κ2) is 7.96. The Bertz CT molecular complexity index is 1280. The van der Waals surface area contributed by atoms with Crippen LogP contribution in [0.1, 0.15) is 21.5 Å². The maximum Gasteiger partial charge on any atom is 0.257 e. The lowest BCUT2D eigenvalue weighted by molar-refractivity contribution is 0.0977. The maximum absolute atomic E-state index is 12.4. The normalized spacial score (nSPS) is 10.7. The van der Waals surface area contributed by atoms with Crippen LogP contribution in [0.4, 0.5) is 5.69 Å². The van der Waals surface area contributed by atoms with Gasteiger partial charge in [0, 0.05) is 17.3 Å². The zero-order valence-corrected chi connectivity index (χ0v) is 17.2. The number of aryl methyl sites for hydroxylation is 2. The first-order chi connectivity index (χ1) is 14.4. The molecule has 30 heavy (non-hydrogen) atoms. The number of anilines is 1. The Hall–Kier alpha value is -3.71. The fraction of sp³-hybridized carbons (Fsp3) is 0.0870. The van der Waals surface area contributed by atoms with Gasteiger partial charge in [0.05, 0.1) is 5.56 Å². The van der Waals surface area contributed by atoms with Crippen molar-refractivity contribution in [3.63, 3.8) is 0 Å². The molecule has 1 aromatic heterocycles. The number of oxazole rings is 1. The molecule has 0 unspecified atom stereocenters. The van der Waals surface area contributed by atoms with Crippen LogP contribution in [0.3, 0.4) is 0 Å². The topological polar surface area (TPSA) is 87.4 Å². The van der Waals surface area contributed by atoms with Crippen LogP contribution in [0, 0.1) is 13.8 Å². The molecule has 0 radical (unpaired) electrons. The highest BCUT2D eigenvalue weighted by Crippen LogP contribution is 2.33. The summed E-state index contributed by atoms with van der Waals surface area (Å²) in [5.74, 6) is 0.0135. The van der Waals surface area contributed by atoms with Gasteiger partial charge < -0.3 is 14.8 Å². The number of nitrogens with one attached hydrogen (secondary N) is 2. The van der Waals surface area contributed by atoms with Crippen LogP contribution < -0.4 is 10.6 Å². The molecule has 0 aliphatic carbocycles. The number of phenols is 1. The van der Waals surface area contributed by atoms with Crippen LogP contribution in [0.25, 0.3) is 22.6 Å². The van der Waals surface area contributed by atoms with Gasteiger partial charge in [-0.25, -0.2) is 4.98 Å². The van der Waals surface area contributed by atoms with Crippen molar-refractivity contribution in [2.75, 3.05) is 5.32 Å². The van der Waals surface area contributed by atoms with Gasteiger partial charge in [-0.2, -0.15) is 0 Å². The minimum atomic E-state index is -0.298. The lowest BCUT2D eigenvalue weighted by Crippen LogP contribution is -2.34. The van der Waals surface area contributed by atoms with Gasteiger partial charge in [-0.15, -0.1) is 0 Å². The fourth-order valence-electron chi connectivity index (χ4n) is 3.10. The molecule has 0 aliphatic heterocycles. The Morgan fingerprint density at radius 2 is 1.87 bits per heavy atom. The number of thiocarbonyl (C=S) groups is 1. The van der Waals surface area contributed by atoms with E-state index < -0.39 is 0 Å². The third kappa shape index (κ3) is 4.01. The molecular weight excluding hydrogens is 398 g/mol. The number of carbonyl (C=O) groups excluding carboxylic acids is 1. The first-order valence-electron chi connectivity index (χ1n) is 9.29. The number of aromatic nitrogens is 1. The van der Waals surface area contributed by atoms with Crippen LogP contribution in [-0.2, 0) is 0 Å². The van der Waals surface area contributed by atoms with Gasteiger partial charge in [0.25, 0.3) is 5.91 Å². The molecular formula is C23H19N3O3S. The predicted octanol–water partition coefficient (Wildman–Crippen LogP) is 4.94. The third-order valence-corrected chi connectivity index (χ3v) is 4.85. The van der Waals surface area contributed by atoms with Crippen LogP contribution in [0.15, 0.2) is 65.1 Å². The summed E-state index contributed by atoms with van der Waals surface area (Å²) >= 11 is 5.23. The van der Waals surface area contributed by atoms with Gasteiger partial charge in [0.1, 0.15) is 11.3 Å². The van der Waals surface area contributed by atoms with E-state index >= 15 is 0 Å². The Balaban J connectivity index is 1.49. The van der Waals surface area contributed by atoms with Crippen molar-refractivity contribution >= 4 is 40.0 Å². The van der Waals surface area contributed by atoms with Gasteiger partial charge in [-0.1, -0.05) is 24.3 Å². The molecule has 0 bridgehead atoms. The smallest absolute Gasteiger partial charge is 0.257 e. The van der Waals surface area contributed by atoms with E-state index in [2.05, 4.69) is 15.6 Å². The van der Waals surface area contributed by atoms with E-state index in [1.165, 1.54) is 6.07 Å². The van der Waals surface area contributed by atoms with E-state index in [4.69, 9.17) is 16.6 Å². The summed E-state index contributed by atoms with van der Waals surface area (Å²) in [5.41, 5.74) is 4.83. The summed E-state index contributed by atoms with van der Waals surface area (Å²) in [7, 11) is 0. The number of carbonyl (C=O) groups is 1. The highest BCUT2D eigenvalue weighted by molar-refractivity contribution is 7.80. The number of aromatic hydroxyl groups is 1. The number of fused-ring (bicyclic) bond motifs is 1. The second-order valence-electron chi connectivity index (χ2n) is 6.95. The molecule has 0 atom stereocenters. The van der Waals surface area contributed by atoms with E-state index in [0.717, 1.165) is 16.6 Å². The van der Waals surface area contributed by atoms with Crippen molar-refractivity contribution in [3.05, 3.63) is 77.4 Å². The van der Waals surface area contributed by atoms with E-state index in [0.29, 0.717) is 28.3 Å². The molecule has 0 saturated carbocycles. The van der Waals surface area contributed by atoms with Crippen molar-refractivity contribution in [1.29, 1.82) is 0 Å². The highest BCUT2D eigenvalue weighted by Gasteiger charge is 2.14. The largest absolute Gasteiger partial charge is 0.507 e. The first kappa shape index (κ1) is 19.6. The summed E-state index contributed by atoms with van der Waals surface area (Å²) < 4.78 is 5.78. The monoisotopic (exact) mass is 417 g/mol. The van der Waals surface area contributed by atoms with E-state index in [1.54, 1.807) is 24.3 Å². The van der Waals surface area contributed by atoms with Gasteiger partial charge in [0.15, 0.2) is 10.7 Å². The zero-order valence-electron chi connectivity index (χ0n) is 16.4. The Morgan fingerprint density at radius 1 is 1.07 bits per heavy atom. The average molecular weight is 417 g/mol. The van der Waals surface area contributed by atoms with E-state index in [9.17, 15) is 9.90 Å². The van der Waals surface area contributed by atoms with Crippen LogP contribution in [0.2, 0.25) is 0 Å². The van der Waals surface area contributed by atoms with E-state index in [1.807, 2.05) is 44.2 Å². The second-order valence-corrected chi connectivity index (χ2v) is 7.35. The number of hydrogen-bond donors (Lipinski definition) is 3. The molecule has 0 fully saturated rings. The summed E-state index contributed by atoms with van der Waals surface area (Å²) in [5, 5.41) is 16.1. The third-order valence-electron chi connectivity index (χ3n) is 4.65. The number of nitrogens with zero attached hydrogens (tertiary/aromatic N) is 1. The van der Waals surface area contributed by atoms with Gasteiger partial charge in [-0.05, 0) is 67.5 Å². The standard InChI is InChI=1S/C23H19N3O3S/c1-13-7-10-18-20(11-13)29-22(25-18)17-9-8-15(12-19(17)27)24-23(30)26-21(28)16-6-4-3-5-14(16)2/h3-12,27H,1-2H3,(H2,24,26,28,30). The van der Waals surface area contributed by atoms with Crippen LogP contribution in [0.5, 0.6) is 5.75 Å². The Kier molecular flexibility index (Phi) is 5.20. The van der Waals surface area contributed by atoms with Crippen LogP contribution >= 0.6 is 12.2 Å². The van der Waals surface area contributed by atoms with Crippen molar-refractivity contribution in [2.45, 2.75) is 13.8 Å². The summed E-state index contributed by atoms with van der Waals surface area (Å²) in [4.78, 5) is 16.8. The molecule has 1 amide bonds.